The van der Waals surface area contributed by atoms with Crippen LogP contribution in [0.1, 0.15) is 25.5 Å². The Hall–Kier alpha value is -3.27. The van der Waals surface area contributed by atoms with Crippen LogP contribution in [-0.4, -0.2) is 69.4 Å². The molecule has 2 N–H and O–H groups in total. The standard InChI is InChI=1S/C22H29FN8O/c1-4-24-22(26-10-9-25-20-18-11-29-30(3)21(18)28-14-27-20)31-12-15(2)32-19(13-31)16-5-7-17(23)8-6-16/h5-8,11,14-15,19H,4,9-10,12-13H2,1-3H3,(H,24,26)(H,25,27,28). The molecule has 4 rings (SSSR count). The number of rotatable bonds is 6. The van der Waals surface area contributed by atoms with E-state index in [1.54, 1.807) is 23.0 Å². The summed E-state index contributed by atoms with van der Waals surface area (Å²) in [6.07, 6.45) is 3.18. The van der Waals surface area contributed by atoms with Crippen LogP contribution in [0.3, 0.4) is 0 Å². The molecule has 0 bridgehead atoms. The molecule has 2 atom stereocenters. The van der Waals surface area contributed by atoms with Crippen molar-refractivity contribution in [3.8, 4) is 0 Å². The average molecular weight is 441 g/mol. The van der Waals surface area contributed by atoms with E-state index in [0.717, 1.165) is 41.5 Å². The van der Waals surface area contributed by atoms with Gasteiger partial charge in [0.25, 0.3) is 0 Å². The van der Waals surface area contributed by atoms with E-state index in [1.807, 2.05) is 14.0 Å². The number of ether oxygens (including phenoxy) is 1. The van der Waals surface area contributed by atoms with E-state index >= 15 is 0 Å². The SMILES string of the molecule is CCNC(=NCCNc1ncnc2c1cnn2C)N1CC(C)OC(c2ccc(F)cc2)C1. The van der Waals surface area contributed by atoms with Crippen molar-refractivity contribution in [1.29, 1.82) is 0 Å². The summed E-state index contributed by atoms with van der Waals surface area (Å²) in [6.45, 7) is 7.44. The van der Waals surface area contributed by atoms with Gasteiger partial charge in [0.1, 0.15) is 24.1 Å². The molecule has 0 saturated carbocycles. The zero-order valence-corrected chi connectivity index (χ0v) is 18.6. The van der Waals surface area contributed by atoms with Crippen LogP contribution in [0.4, 0.5) is 10.2 Å². The van der Waals surface area contributed by atoms with Crippen LogP contribution in [0.25, 0.3) is 11.0 Å². The molecule has 2 unspecified atom stereocenters. The van der Waals surface area contributed by atoms with Gasteiger partial charge in [0, 0.05) is 26.7 Å². The predicted octanol–water partition coefficient (Wildman–Crippen LogP) is 2.34. The van der Waals surface area contributed by atoms with Gasteiger partial charge in [-0.2, -0.15) is 5.10 Å². The second-order valence-corrected chi connectivity index (χ2v) is 7.78. The van der Waals surface area contributed by atoms with Crippen molar-refractivity contribution in [2.45, 2.75) is 26.1 Å². The van der Waals surface area contributed by atoms with E-state index in [-0.39, 0.29) is 18.0 Å². The summed E-state index contributed by atoms with van der Waals surface area (Å²) in [5.41, 5.74) is 1.75. The second kappa shape index (κ2) is 9.90. The van der Waals surface area contributed by atoms with Gasteiger partial charge < -0.3 is 20.3 Å². The molecule has 0 spiro atoms. The number of aryl methyl sites for hydroxylation is 1. The first-order valence-corrected chi connectivity index (χ1v) is 10.9. The number of morpholine rings is 1. The summed E-state index contributed by atoms with van der Waals surface area (Å²) in [5, 5.41) is 11.8. The zero-order valence-electron chi connectivity index (χ0n) is 18.6. The highest BCUT2D eigenvalue weighted by Crippen LogP contribution is 2.25. The highest BCUT2D eigenvalue weighted by atomic mass is 19.1. The van der Waals surface area contributed by atoms with Crippen LogP contribution in [0, 0.1) is 5.82 Å². The average Bonchev–Trinajstić information content (AvgIpc) is 3.17. The summed E-state index contributed by atoms with van der Waals surface area (Å²) >= 11 is 0. The molecule has 1 aliphatic rings. The number of fused-ring (bicyclic) bond motifs is 1. The minimum atomic E-state index is -0.246. The van der Waals surface area contributed by atoms with Crippen LogP contribution in [-0.2, 0) is 11.8 Å². The summed E-state index contributed by atoms with van der Waals surface area (Å²) in [6, 6.07) is 6.51. The molecule has 0 aliphatic carbocycles. The number of halogens is 1. The zero-order chi connectivity index (χ0) is 22.5. The van der Waals surface area contributed by atoms with Crippen LogP contribution in [0.2, 0.25) is 0 Å². The molecule has 10 heteroatoms. The lowest BCUT2D eigenvalue weighted by atomic mass is 10.1. The van der Waals surface area contributed by atoms with Gasteiger partial charge in [-0.15, -0.1) is 0 Å². The Bertz CT molecular complexity index is 1070. The molecule has 1 aromatic carbocycles. The Labute approximate surface area is 186 Å². The third kappa shape index (κ3) is 4.96. The van der Waals surface area contributed by atoms with Crippen LogP contribution in [0.5, 0.6) is 0 Å². The summed E-state index contributed by atoms with van der Waals surface area (Å²) in [7, 11) is 1.86. The van der Waals surface area contributed by atoms with Crippen molar-refractivity contribution in [3.63, 3.8) is 0 Å². The number of hydrogen-bond acceptors (Lipinski definition) is 6. The molecular formula is C22H29FN8O. The van der Waals surface area contributed by atoms with Gasteiger partial charge in [-0.05, 0) is 31.5 Å². The molecule has 9 nitrogen and oxygen atoms in total. The Kier molecular flexibility index (Phi) is 6.79. The van der Waals surface area contributed by atoms with E-state index in [4.69, 9.17) is 9.73 Å². The van der Waals surface area contributed by atoms with E-state index in [1.165, 1.54) is 18.5 Å². The molecule has 0 radical (unpaired) electrons. The Balaban J connectivity index is 1.41. The fourth-order valence-electron chi connectivity index (χ4n) is 3.85. The first-order valence-electron chi connectivity index (χ1n) is 10.9. The smallest absolute Gasteiger partial charge is 0.194 e. The van der Waals surface area contributed by atoms with Gasteiger partial charge in [-0.25, -0.2) is 14.4 Å². The Morgan fingerprint density at radius 1 is 1.25 bits per heavy atom. The third-order valence-corrected chi connectivity index (χ3v) is 5.33. The number of nitrogens with one attached hydrogen (secondary N) is 2. The molecule has 1 fully saturated rings. The summed E-state index contributed by atoms with van der Waals surface area (Å²) < 4.78 is 21.2. The number of aromatic nitrogens is 4. The van der Waals surface area contributed by atoms with Crippen molar-refractivity contribution in [1.82, 2.24) is 30.0 Å². The van der Waals surface area contributed by atoms with Crippen LogP contribution < -0.4 is 10.6 Å². The number of guanidine groups is 1. The molecule has 0 amide bonds. The maximum atomic E-state index is 13.3. The molecule has 170 valence electrons. The van der Waals surface area contributed by atoms with E-state index in [2.05, 4.69) is 37.5 Å². The Morgan fingerprint density at radius 3 is 2.84 bits per heavy atom. The lowest BCUT2D eigenvalue weighted by Crippen LogP contribution is -2.50. The number of benzene rings is 1. The van der Waals surface area contributed by atoms with Crippen molar-refractivity contribution in [2.24, 2.45) is 12.0 Å². The second-order valence-electron chi connectivity index (χ2n) is 7.78. The fraction of sp³-hybridized carbons (Fsp3) is 0.455. The molecule has 1 aliphatic heterocycles. The monoisotopic (exact) mass is 440 g/mol. The Morgan fingerprint density at radius 2 is 2.06 bits per heavy atom. The maximum absolute atomic E-state index is 13.3. The first-order chi connectivity index (χ1) is 15.5. The van der Waals surface area contributed by atoms with Crippen molar-refractivity contribution in [2.75, 3.05) is 38.0 Å². The predicted molar refractivity (Wildman–Crippen MR) is 122 cm³/mol. The minimum Gasteiger partial charge on any atom is -0.367 e. The topological polar surface area (TPSA) is 92.5 Å². The summed E-state index contributed by atoms with van der Waals surface area (Å²) in [5.74, 6) is 1.34. The molecule has 32 heavy (non-hydrogen) atoms. The van der Waals surface area contributed by atoms with Gasteiger partial charge in [-0.1, -0.05) is 12.1 Å². The largest absolute Gasteiger partial charge is 0.367 e. The molecule has 2 aromatic heterocycles. The quantitative estimate of drug-likeness (QED) is 0.345. The molecule has 3 aromatic rings. The normalized spacial score (nSPS) is 19.4. The molecule has 3 heterocycles. The summed E-state index contributed by atoms with van der Waals surface area (Å²) in [4.78, 5) is 15.6. The maximum Gasteiger partial charge on any atom is 0.194 e. The van der Waals surface area contributed by atoms with Gasteiger partial charge >= 0.3 is 0 Å². The van der Waals surface area contributed by atoms with Gasteiger partial charge in [-0.3, -0.25) is 9.67 Å². The van der Waals surface area contributed by atoms with Gasteiger partial charge in [0.05, 0.1) is 30.8 Å². The highest BCUT2D eigenvalue weighted by Gasteiger charge is 2.28. The molecular weight excluding hydrogens is 411 g/mol. The lowest BCUT2D eigenvalue weighted by molar-refractivity contribution is -0.0605. The van der Waals surface area contributed by atoms with E-state index in [0.29, 0.717) is 19.6 Å². The fourth-order valence-corrected chi connectivity index (χ4v) is 3.85. The van der Waals surface area contributed by atoms with E-state index in [9.17, 15) is 4.39 Å². The van der Waals surface area contributed by atoms with E-state index < -0.39 is 0 Å². The number of anilines is 1. The van der Waals surface area contributed by atoms with Crippen molar-refractivity contribution < 1.29 is 9.13 Å². The molecule has 1 saturated heterocycles. The van der Waals surface area contributed by atoms with Crippen LogP contribution >= 0.6 is 0 Å². The van der Waals surface area contributed by atoms with Crippen molar-refractivity contribution >= 4 is 22.8 Å². The van der Waals surface area contributed by atoms with Crippen LogP contribution in [0.15, 0.2) is 41.8 Å². The third-order valence-electron chi connectivity index (χ3n) is 5.33. The number of hydrogen-bond donors (Lipinski definition) is 2. The van der Waals surface area contributed by atoms with Crippen molar-refractivity contribution in [3.05, 3.63) is 48.2 Å². The highest BCUT2D eigenvalue weighted by molar-refractivity contribution is 5.86. The minimum absolute atomic E-state index is 0.0284. The lowest BCUT2D eigenvalue weighted by Gasteiger charge is -2.38. The number of nitrogens with zero attached hydrogens (tertiary/aromatic N) is 6. The van der Waals surface area contributed by atoms with Gasteiger partial charge in [0.2, 0.25) is 0 Å². The van der Waals surface area contributed by atoms with Gasteiger partial charge in [0.15, 0.2) is 11.6 Å². The first kappa shape index (κ1) is 21.9. The number of aliphatic imine (C=N–C) groups is 1.